The Morgan fingerprint density at radius 3 is 3.11 bits per heavy atom. The second kappa shape index (κ2) is 2.61. The lowest BCUT2D eigenvalue weighted by molar-refractivity contribution is 0.0926. The van der Waals surface area contributed by atoms with E-state index in [0.717, 1.165) is 0 Å². The number of nitrogens with one attached hydrogen (secondary N) is 1. The van der Waals surface area contributed by atoms with Gasteiger partial charge in [-0.25, -0.2) is 4.98 Å². The molecule has 0 fully saturated rings. The molecule has 0 aliphatic carbocycles. The molecule has 49 valence electrons. The minimum absolute atomic E-state index is 0.307. The highest BCUT2D eigenvalue weighted by molar-refractivity contribution is 4.97. The molecule has 1 heterocycles. The number of H-pyrrole nitrogens is 1. The molecule has 0 spiro atoms. The van der Waals surface area contributed by atoms with Crippen LogP contribution in [0.1, 0.15) is 11.8 Å². The van der Waals surface area contributed by atoms with Crippen molar-refractivity contribution in [2.45, 2.75) is 6.10 Å². The van der Waals surface area contributed by atoms with E-state index in [4.69, 9.17) is 10.2 Å². The third-order valence-electron chi connectivity index (χ3n) is 0.984. The predicted molar refractivity (Wildman–Crippen MR) is 29.5 cm³/mol. The van der Waals surface area contributed by atoms with Gasteiger partial charge in [0.1, 0.15) is 6.10 Å². The smallest absolute Gasteiger partial charge is 0.173 e. The zero-order valence-electron chi connectivity index (χ0n) is 4.70. The molecule has 1 aromatic rings. The molecule has 0 aliphatic heterocycles. The molecule has 1 radical (unpaired) electrons. The number of aliphatic hydroxyl groups is 2. The molecule has 1 unspecified atom stereocenters. The summed E-state index contributed by atoms with van der Waals surface area (Å²) in [6, 6.07) is 0. The molecular weight excluding hydrogens is 120 g/mol. The quantitative estimate of drug-likeness (QED) is 0.489. The van der Waals surface area contributed by atoms with Gasteiger partial charge in [-0.05, 0) is 0 Å². The minimum atomic E-state index is -0.882. The van der Waals surface area contributed by atoms with E-state index in [9.17, 15) is 0 Å². The number of aromatic amines is 1. The van der Waals surface area contributed by atoms with Crippen molar-refractivity contribution < 1.29 is 10.2 Å². The van der Waals surface area contributed by atoms with Crippen molar-refractivity contribution in [3.8, 4) is 0 Å². The third-order valence-corrected chi connectivity index (χ3v) is 0.984. The first-order chi connectivity index (χ1) is 4.34. The van der Waals surface area contributed by atoms with Crippen LogP contribution in [0.2, 0.25) is 0 Å². The van der Waals surface area contributed by atoms with Crippen molar-refractivity contribution in [1.29, 1.82) is 0 Å². The molecule has 4 nitrogen and oxygen atoms in total. The summed E-state index contributed by atoms with van der Waals surface area (Å²) in [5, 5.41) is 17.3. The molecule has 0 amide bonds. The molecule has 1 rings (SSSR count). The summed E-state index contributed by atoms with van der Waals surface area (Å²) < 4.78 is 0. The summed E-state index contributed by atoms with van der Waals surface area (Å²) in [5.41, 5.74) is 0.414. The van der Waals surface area contributed by atoms with Gasteiger partial charge in [0.05, 0.1) is 12.3 Å². The van der Waals surface area contributed by atoms with Crippen molar-refractivity contribution in [3.63, 3.8) is 0 Å². The maximum atomic E-state index is 8.87. The first-order valence-electron chi connectivity index (χ1n) is 2.55. The van der Waals surface area contributed by atoms with Gasteiger partial charge in [0, 0.05) is 6.20 Å². The lowest BCUT2D eigenvalue weighted by atomic mass is 10.3. The largest absolute Gasteiger partial charge is 0.393 e. The lowest BCUT2D eigenvalue weighted by Crippen LogP contribution is -2.01. The Morgan fingerprint density at radius 2 is 2.67 bits per heavy atom. The highest BCUT2D eigenvalue weighted by atomic mass is 16.3. The number of imidazole rings is 1. The summed E-state index contributed by atoms with van der Waals surface area (Å²) in [4.78, 5) is 6.13. The maximum absolute atomic E-state index is 8.87. The molecule has 4 heteroatoms. The van der Waals surface area contributed by atoms with E-state index in [2.05, 4.69) is 16.3 Å². The molecule has 0 saturated carbocycles. The van der Waals surface area contributed by atoms with Gasteiger partial charge in [-0.2, -0.15) is 0 Å². The number of hydrogen-bond acceptors (Lipinski definition) is 3. The van der Waals surface area contributed by atoms with Gasteiger partial charge in [-0.1, -0.05) is 0 Å². The normalized spacial score (nSPS) is 13.6. The van der Waals surface area contributed by atoms with Crippen LogP contribution in [-0.4, -0.2) is 26.8 Å². The van der Waals surface area contributed by atoms with Crippen LogP contribution in [0.25, 0.3) is 0 Å². The van der Waals surface area contributed by atoms with Crippen LogP contribution >= 0.6 is 0 Å². The number of aliphatic hydroxyl groups excluding tert-OH is 2. The van der Waals surface area contributed by atoms with Crippen molar-refractivity contribution in [3.05, 3.63) is 18.2 Å². The van der Waals surface area contributed by atoms with Gasteiger partial charge >= 0.3 is 0 Å². The van der Waals surface area contributed by atoms with Crippen molar-refractivity contribution in [2.24, 2.45) is 0 Å². The first-order valence-corrected chi connectivity index (χ1v) is 2.55. The van der Waals surface area contributed by atoms with Crippen molar-refractivity contribution >= 4 is 0 Å². The van der Waals surface area contributed by atoms with E-state index in [-0.39, 0.29) is 6.61 Å². The van der Waals surface area contributed by atoms with Crippen molar-refractivity contribution in [1.82, 2.24) is 9.97 Å². The first kappa shape index (κ1) is 6.25. The zero-order chi connectivity index (χ0) is 6.69. The topological polar surface area (TPSA) is 69.1 Å². The van der Waals surface area contributed by atoms with Gasteiger partial charge in [0.25, 0.3) is 0 Å². The average molecular weight is 127 g/mol. The molecule has 0 saturated heterocycles. The summed E-state index contributed by atoms with van der Waals surface area (Å²) >= 11 is 0. The van der Waals surface area contributed by atoms with E-state index in [0.29, 0.717) is 5.69 Å². The van der Waals surface area contributed by atoms with E-state index < -0.39 is 6.10 Å². The summed E-state index contributed by atoms with van der Waals surface area (Å²) in [6.45, 7) is -0.307. The molecule has 1 atom stereocenters. The Balaban J connectivity index is 2.65. The van der Waals surface area contributed by atoms with Crippen LogP contribution in [0.5, 0.6) is 0 Å². The van der Waals surface area contributed by atoms with Crippen molar-refractivity contribution in [2.75, 3.05) is 6.61 Å². The predicted octanol–water partition coefficient (Wildman–Crippen LogP) is -0.764. The Bertz CT molecular complexity index is 161. The standard InChI is InChI=1S/C5H7N2O2/c8-2-5(9)4-1-6-3-7-4/h1,5,8-9H,2H2,(H,6,7). The molecule has 9 heavy (non-hydrogen) atoms. The summed E-state index contributed by atoms with van der Waals surface area (Å²) in [7, 11) is 0. The molecule has 1 aromatic heterocycles. The summed E-state index contributed by atoms with van der Waals surface area (Å²) in [5.74, 6) is 0. The molecule has 0 aromatic carbocycles. The Kier molecular flexibility index (Phi) is 1.81. The average Bonchev–Trinajstić information content (AvgIpc) is 2.37. The third kappa shape index (κ3) is 1.28. The fourth-order valence-electron chi connectivity index (χ4n) is 0.500. The van der Waals surface area contributed by atoms with E-state index in [1.165, 1.54) is 6.20 Å². The van der Waals surface area contributed by atoms with Crippen LogP contribution in [0.3, 0.4) is 0 Å². The van der Waals surface area contributed by atoms with Gasteiger partial charge in [0.2, 0.25) is 0 Å². The number of aromatic nitrogens is 2. The van der Waals surface area contributed by atoms with Crippen LogP contribution in [0.4, 0.5) is 0 Å². The molecule has 0 aliphatic rings. The molecular formula is C5H7N2O2. The lowest BCUT2D eigenvalue weighted by Gasteiger charge is -1.99. The van der Waals surface area contributed by atoms with E-state index in [1.807, 2.05) is 0 Å². The zero-order valence-corrected chi connectivity index (χ0v) is 4.70. The fraction of sp³-hybridized carbons (Fsp3) is 0.400. The Hall–Kier alpha value is -0.870. The van der Waals surface area contributed by atoms with Crippen LogP contribution < -0.4 is 0 Å². The number of hydrogen-bond donors (Lipinski definition) is 3. The van der Waals surface area contributed by atoms with Crippen LogP contribution in [-0.2, 0) is 0 Å². The minimum Gasteiger partial charge on any atom is -0.393 e. The summed E-state index contributed by atoms with van der Waals surface area (Å²) in [6.07, 6.45) is 3.00. The van der Waals surface area contributed by atoms with Crippen LogP contribution in [0.15, 0.2) is 6.20 Å². The fourth-order valence-corrected chi connectivity index (χ4v) is 0.500. The Labute approximate surface area is 52.2 Å². The highest BCUT2D eigenvalue weighted by Gasteiger charge is 2.05. The highest BCUT2D eigenvalue weighted by Crippen LogP contribution is 2.04. The number of rotatable bonds is 2. The van der Waals surface area contributed by atoms with E-state index >= 15 is 0 Å². The SMILES string of the molecule is OCC(O)c1c[nH][c]n1. The van der Waals surface area contributed by atoms with Gasteiger partial charge in [-0.3, -0.25) is 0 Å². The van der Waals surface area contributed by atoms with E-state index in [1.54, 1.807) is 0 Å². The molecule has 3 N–H and O–H groups in total. The van der Waals surface area contributed by atoms with Gasteiger partial charge < -0.3 is 15.2 Å². The maximum Gasteiger partial charge on any atom is 0.173 e. The molecule has 0 bridgehead atoms. The van der Waals surface area contributed by atoms with Crippen LogP contribution in [0, 0.1) is 6.33 Å². The second-order valence-electron chi connectivity index (χ2n) is 1.64. The number of nitrogens with zero attached hydrogens (tertiary/aromatic N) is 1. The van der Waals surface area contributed by atoms with Gasteiger partial charge in [-0.15, -0.1) is 0 Å². The second-order valence-corrected chi connectivity index (χ2v) is 1.64. The monoisotopic (exact) mass is 127 g/mol. The van der Waals surface area contributed by atoms with Gasteiger partial charge in [0.15, 0.2) is 6.33 Å². The Morgan fingerprint density at radius 1 is 1.89 bits per heavy atom.